The molecule has 0 N–H and O–H groups in total. The summed E-state index contributed by atoms with van der Waals surface area (Å²) in [6.45, 7) is 0.570. The molecule has 2 heterocycles. The molecule has 1 amide bonds. The van der Waals surface area contributed by atoms with E-state index in [1.165, 1.54) is 31.4 Å². The first kappa shape index (κ1) is 17.3. The number of hydrogen-bond acceptors (Lipinski definition) is 2. The number of fused-ring (bicyclic) bond motifs is 1. The van der Waals surface area contributed by atoms with Crippen LogP contribution in [0.1, 0.15) is 48.2 Å². The Bertz CT molecular complexity index is 906. The van der Waals surface area contributed by atoms with E-state index in [1.54, 1.807) is 23.5 Å². The van der Waals surface area contributed by atoms with E-state index in [9.17, 15) is 9.18 Å². The molecule has 4 rings (SSSR count). The summed E-state index contributed by atoms with van der Waals surface area (Å²) < 4.78 is 16.4. The predicted molar refractivity (Wildman–Crippen MR) is 104 cm³/mol. The van der Waals surface area contributed by atoms with Crippen LogP contribution in [0.25, 0.3) is 10.2 Å². The molecule has 0 bridgehead atoms. The number of aromatic nitrogens is 1. The van der Waals surface area contributed by atoms with Crippen LogP contribution in [0.15, 0.2) is 41.8 Å². The minimum absolute atomic E-state index is 0.0856. The minimum Gasteiger partial charge on any atom is -0.337 e. The second kappa shape index (κ2) is 7.23. The van der Waals surface area contributed by atoms with E-state index < -0.39 is 0 Å². The van der Waals surface area contributed by atoms with Gasteiger partial charge in [-0.1, -0.05) is 31.4 Å². The van der Waals surface area contributed by atoms with Gasteiger partial charge in [0.25, 0.3) is 5.91 Å². The van der Waals surface area contributed by atoms with Crippen LogP contribution in [-0.2, 0) is 6.54 Å². The third-order valence-electron chi connectivity index (χ3n) is 5.44. The van der Waals surface area contributed by atoms with Gasteiger partial charge in [0, 0.05) is 19.6 Å². The zero-order valence-electron chi connectivity index (χ0n) is 15.0. The number of halogens is 1. The highest BCUT2D eigenvalue weighted by Crippen LogP contribution is 2.29. The first-order valence-electron chi connectivity index (χ1n) is 9.22. The standard InChI is InChI=1S/C21H23FN2OS/c1-23(17-5-3-2-4-6-17)21(25)19-13-20-18(11-12-26-20)24(19)14-15-7-9-16(22)10-8-15/h7-13,17H,2-6,14H2,1H3. The quantitative estimate of drug-likeness (QED) is 0.612. The highest BCUT2D eigenvalue weighted by atomic mass is 32.1. The summed E-state index contributed by atoms with van der Waals surface area (Å²) in [7, 11) is 1.93. The van der Waals surface area contributed by atoms with Gasteiger partial charge >= 0.3 is 0 Å². The number of benzene rings is 1. The van der Waals surface area contributed by atoms with Gasteiger partial charge in [-0.3, -0.25) is 4.79 Å². The number of amides is 1. The molecule has 1 aromatic carbocycles. The maximum absolute atomic E-state index is 13.2. The third kappa shape index (κ3) is 3.28. The summed E-state index contributed by atoms with van der Waals surface area (Å²) in [6, 6.07) is 10.9. The fourth-order valence-corrected chi connectivity index (χ4v) is 4.73. The molecule has 0 atom stereocenters. The third-order valence-corrected chi connectivity index (χ3v) is 6.29. The van der Waals surface area contributed by atoms with E-state index in [0.29, 0.717) is 12.6 Å². The van der Waals surface area contributed by atoms with Gasteiger partial charge in [-0.05, 0) is 48.1 Å². The Morgan fingerprint density at radius 1 is 1.19 bits per heavy atom. The Hall–Kier alpha value is -2.14. The molecule has 0 radical (unpaired) electrons. The number of rotatable bonds is 4. The fraction of sp³-hybridized carbons (Fsp3) is 0.381. The van der Waals surface area contributed by atoms with Crippen molar-refractivity contribution in [1.82, 2.24) is 9.47 Å². The van der Waals surface area contributed by atoms with Crippen molar-refractivity contribution in [2.45, 2.75) is 44.7 Å². The van der Waals surface area contributed by atoms with Crippen molar-refractivity contribution in [3.05, 3.63) is 58.9 Å². The van der Waals surface area contributed by atoms with Gasteiger partial charge in [-0.25, -0.2) is 4.39 Å². The second-order valence-corrected chi connectivity index (χ2v) is 8.07. The van der Waals surface area contributed by atoms with Crippen LogP contribution < -0.4 is 0 Å². The molecule has 0 saturated heterocycles. The normalized spacial score (nSPS) is 15.5. The van der Waals surface area contributed by atoms with Crippen molar-refractivity contribution in [2.24, 2.45) is 0 Å². The summed E-state index contributed by atoms with van der Waals surface area (Å²) >= 11 is 1.65. The molecular weight excluding hydrogens is 347 g/mol. The van der Waals surface area contributed by atoms with E-state index in [4.69, 9.17) is 0 Å². The van der Waals surface area contributed by atoms with Crippen molar-refractivity contribution in [2.75, 3.05) is 7.05 Å². The first-order chi connectivity index (χ1) is 12.6. The monoisotopic (exact) mass is 370 g/mol. The lowest BCUT2D eigenvalue weighted by Crippen LogP contribution is -2.39. The van der Waals surface area contributed by atoms with Crippen LogP contribution in [0, 0.1) is 5.82 Å². The van der Waals surface area contributed by atoms with E-state index in [1.807, 2.05) is 23.4 Å². The summed E-state index contributed by atoms with van der Waals surface area (Å²) in [5.74, 6) is -0.155. The highest BCUT2D eigenvalue weighted by molar-refractivity contribution is 7.17. The number of thiophene rings is 1. The fourth-order valence-electron chi connectivity index (χ4n) is 3.91. The van der Waals surface area contributed by atoms with Gasteiger partial charge in [0.15, 0.2) is 0 Å². The summed E-state index contributed by atoms with van der Waals surface area (Å²) in [6.07, 6.45) is 5.86. The molecule has 1 fully saturated rings. The Morgan fingerprint density at radius 3 is 2.65 bits per heavy atom. The van der Waals surface area contributed by atoms with Crippen LogP contribution in [0.3, 0.4) is 0 Å². The van der Waals surface area contributed by atoms with Crippen molar-refractivity contribution >= 4 is 27.5 Å². The first-order valence-corrected chi connectivity index (χ1v) is 10.1. The molecule has 0 unspecified atom stereocenters. The topological polar surface area (TPSA) is 25.2 Å². The molecule has 3 aromatic rings. The Kier molecular flexibility index (Phi) is 4.81. The van der Waals surface area contributed by atoms with Gasteiger partial charge in [0.2, 0.25) is 0 Å². The molecule has 0 spiro atoms. The van der Waals surface area contributed by atoms with Gasteiger partial charge in [-0.2, -0.15) is 0 Å². The van der Waals surface area contributed by atoms with Gasteiger partial charge in [-0.15, -0.1) is 11.3 Å². The van der Waals surface area contributed by atoms with E-state index in [2.05, 4.69) is 10.6 Å². The van der Waals surface area contributed by atoms with Crippen LogP contribution in [0.4, 0.5) is 4.39 Å². The molecule has 1 saturated carbocycles. The van der Waals surface area contributed by atoms with Crippen LogP contribution in [0.5, 0.6) is 0 Å². The number of carbonyl (C=O) groups is 1. The second-order valence-electron chi connectivity index (χ2n) is 7.12. The van der Waals surface area contributed by atoms with Crippen molar-refractivity contribution in [1.29, 1.82) is 0 Å². The maximum atomic E-state index is 13.2. The van der Waals surface area contributed by atoms with Crippen LogP contribution in [0.2, 0.25) is 0 Å². The average Bonchev–Trinajstić information content (AvgIpc) is 3.25. The molecular formula is C21H23FN2OS. The van der Waals surface area contributed by atoms with Crippen molar-refractivity contribution in [3.8, 4) is 0 Å². The van der Waals surface area contributed by atoms with E-state index in [-0.39, 0.29) is 11.7 Å². The molecule has 136 valence electrons. The molecule has 1 aliphatic rings. The highest BCUT2D eigenvalue weighted by Gasteiger charge is 2.26. The molecule has 0 aliphatic heterocycles. The molecule has 2 aromatic heterocycles. The predicted octanol–water partition coefficient (Wildman–Crippen LogP) is 5.29. The van der Waals surface area contributed by atoms with Crippen molar-refractivity contribution in [3.63, 3.8) is 0 Å². The zero-order chi connectivity index (χ0) is 18.1. The zero-order valence-corrected chi connectivity index (χ0v) is 15.8. The average molecular weight is 370 g/mol. The van der Waals surface area contributed by atoms with Gasteiger partial charge in [0.05, 0.1) is 10.2 Å². The maximum Gasteiger partial charge on any atom is 0.270 e. The minimum atomic E-state index is -0.240. The molecule has 26 heavy (non-hydrogen) atoms. The molecule has 3 nitrogen and oxygen atoms in total. The lowest BCUT2D eigenvalue weighted by atomic mass is 9.94. The van der Waals surface area contributed by atoms with E-state index >= 15 is 0 Å². The lowest BCUT2D eigenvalue weighted by molar-refractivity contribution is 0.0686. The van der Waals surface area contributed by atoms with Crippen LogP contribution >= 0.6 is 11.3 Å². The number of hydrogen-bond donors (Lipinski definition) is 0. The SMILES string of the molecule is CN(C(=O)c1cc2sccc2n1Cc1ccc(F)cc1)C1CCCCC1. The summed E-state index contributed by atoms with van der Waals surface area (Å²) in [5, 5.41) is 2.05. The largest absolute Gasteiger partial charge is 0.337 e. The molecule has 1 aliphatic carbocycles. The molecule has 5 heteroatoms. The lowest BCUT2D eigenvalue weighted by Gasteiger charge is -2.31. The van der Waals surface area contributed by atoms with Gasteiger partial charge < -0.3 is 9.47 Å². The summed E-state index contributed by atoms with van der Waals surface area (Å²) in [5.41, 5.74) is 2.79. The summed E-state index contributed by atoms with van der Waals surface area (Å²) in [4.78, 5) is 15.2. The Morgan fingerprint density at radius 2 is 1.92 bits per heavy atom. The smallest absolute Gasteiger partial charge is 0.270 e. The van der Waals surface area contributed by atoms with Gasteiger partial charge in [0.1, 0.15) is 11.5 Å². The Labute approximate surface area is 157 Å². The van der Waals surface area contributed by atoms with Crippen LogP contribution in [-0.4, -0.2) is 28.5 Å². The van der Waals surface area contributed by atoms with Crippen molar-refractivity contribution < 1.29 is 9.18 Å². The van der Waals surface area contributed by atoms with E-state index in [0.717, 1.165) is 34.3 Å². The Balaban J connectivity index is 1.66. The number of nitrogens with zero attached hydrogens (tertiary/aromatic N) is 2. The number of carbonyl (C=O) groups excluding carboxylic acids is 1.